The van der Waals surface area contributed by atoms with Gasteiger partial charge < -0.3 is 16.0 Å². The molecule has 28 heavy (non-hydrogen) atoms. The maximum absolute atomic E-state index is 13.9. The second-order valence-electron chi connectivity index (χ2n) is 7.60. The topological polar surface area (TPSA) is 75.4 Å². The standard InChI is InChI=1S/C22H26FN3O2/c1-14(2)20(25-21(27)16-10-6-7-11-18(16)23)22(28)26-12-17(19(24)13-26)15-8-4-3-5-9-15/h3-11,14,17,19-20H,12-13,24H2,1-2H3,(H,25,27)/t17-,19+,20?/m0/s1. The first kappa shape index (κ1) is 20.0. The van der Waals surface area contributed by atoms with Gasteiger partial charge in [0.05, 0.1) is 5.56 Å². The highest BCUT2D eigenvalue weighted by Crippen LogP contribution is 2.27. The monoisotopic (exact) mass is 383 g/mol. The molecular weight excluding hydrogens is 357 g/mol. The van der Waals surface area contributed by atoms with Crippen LogP contribution in [0, 0.1) is 11.7 Å². The number of nitrogens with one attached hydrogen (secondary N) is 1. The van der Waals surface area contributed by atoms with E-state index in [4.69, 9.17) is 5.73 Å². The van der Waals surface area contributed by atoms with Gasteiger partial charge >= 0.3 is 0 Å². The number of hydrogen-bond acceptors (Lipinski definition) is 3. The van der Waals surface area contributed by atoms with E-state index < -0.39 is 17.8 Å². The van der Waals surface area contributed by atoms with Crippen molar-refractivity contribution in [1.29, 1.82) is 0 Å². The molecule has 0 aromatic heterocycles. The minimum absolute atomic E-state index is 0.0558. The molecule has 3 rings (SSSR count). The number of nitrogens with two attached hydrogens (primary N) is 1. The zero-order valence-corrected chi connectivity index (χ0v) is 16.1. The molecule has 1 fully saturated rings. The molecule has 3 atom stereocenters. The molecule has 0 aliphatic carbocycles. The van der Waals surface area contributed by atoms with E-state index in [0.717, 1.165) is 5.56 Å². The summed E-state index contributed by atoms with van der Waals surface area (Å²) < 4.78 is 13.9. The molecular formula is C22H26FN3O2. The Balaban J connectivity index is 1.73. The van der Waals surface area contributed by atoms with E-state index in [9.17, 15) is 14.0 Å². The predicted octanol–water partition coefficient (Wildman–Crippen LogP) is 2.53. The maximum Gasteiger partial charge on any atom is 0.254 e. The third kappa shape index (κ3) is 4.22. The first-order valence-electron chi connectivity index (χ1n) is 9.53. The highest BCUT2D eigenvalue weighted by molar-refractivity contribution is 5.97. The molecule has 5 nitrogen and oxygen atoms in total. The van der Waals surface area contributed by atoms with E-state index in [1.165, 1.54) is 18.2 Å². The SMILES string of the molecule is CC(C)C(NC(=O)c1ccccc1F)C(=O)N1C[C@@H](N)[C@H](c2ccccc2)C1. The Morgan fingerprint density at radius 3 is 2.36 bits per heavy atom. The van der Waals surface area contributed by atoms with Crippen molar-refractivity contribution >= 4 is 11.8 Å². The minimum Gasteiger partial charge on any atom is -0.340 e. The fraction of sp³-hybridized carbons (Fsp3) is 0.364. The van der Waals surface area contributed by atoms with Crippen molar-refractivity contribution in [3.05, 3.63) is 71.5 Å². The summed E-state index contributed by atoms with van der Waals surface area (Å²) in [5.41, 5.74) is 7.33. The summed E-state index contributed by atoms with van der Waals surface area (Å²) in [7, 11) is 0. The molecule has 1 heterocycles. The van der Waals surface area contributed by atoms with E-state index in [-0.39, 0.29) is 29.3 Å². The van der Waals surface area contributed by atoms with Crippen LogP contribution in [0.4, 0.5) is 4.39 Å². The summed E-state index contributed by atoms with van der Waals surface area (Å²) in [4.78, 5) is 27.3. The molecule has 148 valence electrons. The van der Waals surface area contributed by atoms with Crippen LogP contribution >= 0.6 is 0 Å². The Morgan fingerprint density at radius 1 is 1.07 bits per heavy atom. The first-order chi connectivity index (χ1) is 13.4. The molecule has 1 unspecified atom stereocenters. The minimum atomic E-state index is -0.742. The number of nitrogens with zero attached hydrogens (tertiary/aromatic N) is 1. The van der Waals surface area contributed by atoms with Gasteiger partial charge in [0.2, 0.25) is 5.91 Å². The lowest BCUT2D eigenvalue weighted by Crippen LogP contribution is -2.51. The van der Waals surface area contributed by atoms with Gasteiger partial charge in [-0.25, -0.2) is 4.39 Å². The van der Waals surface area contributed by atoms with Crippen molar-refractivity contribution in [1.82, 2.24) is 10.2 Å². The normalized spacial score (nSPS) is 20.2. The zero-order chi connectivity index (χ0) is 20.3. The molecule has 1 aliphatic rings. The molecule has 2 amide bonds. The molecule has 1 aliphatic heterocycles. The number of halogens is 1. The lowest BCUT2D eigenvalue weighted by atomic mass is 9.95. The number of rotatable bonds is 5. The van der Waals surface area contributed by atoms with Crippen LogP contribution in [0.15, 0.2) is 54.6 Å². The molecule has 2 aromatic carbocycles. The Morgan fingerprint density at radius 2 is 1.71 bits per heavy atom. The second kappa shape index (κ2) is 8.52. The average molecular weight is 383 g/mol. The van der Waals surface area contributed by atoms with E-state index in [2.05, 4.69) is 5.32 Å². The summed E-state index contributed by atoms with van der Waals surface area (Å²) in [6.07, 6.45) is 0. The van der Waals surface area contributed by atoms with Crippen molar-refractivity contribution in [2.24, 2.45) is 11.7 Å². The van der Waals surface area contributed by atoms with Crippen LogP contribution < -0.4 is 11.1 Å². The van der Waals surface area contributed by atoms with Crippen LogP contribution in [-0.4, -0.2) is 41.9 Å². The van der Waals surface area contributed by atoms with Gasteiger partial charge in [-0.3, -0.25) is 9.59 Å². The van der Waals surface area contributed by atoms with Gasteiger partial charge in [0.1, 0.15) is 11.9 Å². The molecule has 0 spiro atoms. The number of likely N-dealkylation sites (tertiary alicyclic amines) is 1. The number of benzene rings is 2. The molecule has 6 heteroatoms. The lowest BCUT2D eigenvalue weighted by molar-refractivity contribution is -0.133. The fourth-order valence-corrected chi connectivity index (χ4v) is 3.64. The van der Waals surface area contributed by atoms with Crippen LogP contribution in [0.1, 0.15) is 35.7 Å². The van der Waals surface area contributed by atoms with Gasteiger partial charge in [0, 0.05) is 25.0 Å². The largest absolute Gasteiger partial charge is 0.340 e. The summed E-state index contributed by atoms with van der Waals surface area (Å²) in [6, 6.07) is 14.7. The molecule has 1 saturated heterocycles. The van der Waals surface area contributed by atoms with Gasteiger partial charge in [-0.05, 0) is 23.6 Å². The summed E-state index contributed by atoms with van der Waals surface area (Å²) in [5, 5.41) is 2.71. The van der Waals surface area contributed by atoms with Gasteiger partial charge in [-0.2, -0.15) is 0 Å². The quantitative estimate of drug-likeness (QED) is 0.833. The van der Waals surface area contributed by atoms with Crippen LogP contribution in [-0.2, 0) is 4.79 Å². The second-order valence-corrected chi connectivity index (χ2v) is 7.60. The van der Waals surface area contributed by atoms with E-state index >= 15 is 0 Å². The summed E-state index contributed by atoms with van der Waals surface area (Å²) >= 11 is 0. The van der Waals surface area contributed by atoms with Gasteiger partial charge in [-0.15, -0.1) is 0 Å². The van der Waals surface area contributed by atoms with E-state index in [0.29, 0.717) is 13.1 Å². The fourth-order valence-electron chi connectivity index (χ4n) is 3.64. The van der Waals surface area contributed by atoms with Crippen molar-refractivity contribution in [3.63, 3.8) is 0 Å². The van der Waals surface area contributed by atoms with Crippen molar-refractivity contribution in [2.45, 2.75) is 31.8 Å². The summed E-state index contributed by atoms with van der Waals surface area (Å²) in [6.45, 7) is 4.64. The molecule has 0 saturated carbocycles. The highest BCUT2D eigenvalue weighted by atomic mass is 19.1. The predicted molar refractivity (Wildman–Crippen MR) is 106 cm³/mol. The van der Waals surface area contributed by atoms with Gasteiger partial charge in [0.25, 0.3) is 5.91 Å². The highest BCUT2D eigenvalue weighted by Gasteiger charge is 2.38. The third-order valence-corrected chi connectivity index (χ3v) is 5.24. The van der Waals surface area contributed by atoms with Crippen LogP contribution in [0.2, 0.25) is 0 Å². The van der Waals surface area contributed by atoms with Crippen LogP contribution in [0.5, 0.6) is 0 Å². The Bertz CT molecular complexity index is 841. The molecule has 0 bridgehead atoms. The average Bonchev–Trinajstić information content (AvgIpc) is 3.08. The van der Waals surface area contributed by atoms with Crippen LogP contribution in [0.25, 0.3) is 0 Å². The Labute approximate surface area is 164 Å². The van der Waals surface area contributed by atoms with E-state index in [1.54, 1.807) is 11.0 Å². The zero-order valence-electron chi connectivity index (χ0n) is 16.1. The van der Waals surface area contributed by atoms with Crippen molar-refractivity contribution in [3.8, 4) is 0 Å². The van der Waals surface area contributed by atoms with Crippen LogP contribution in [0.3, 0.4) is 0 Å². The molecule has 0 radical (unpaired) electrons. The molecule has 2 aromatic rings. The lowest BCUT2D eigenvalue weighted by Gasteiger charge is -2.27. The first-order valence-corrected chi connectivity index (χ1v) is 9.53. The van der Waals surface area contributed by atoms with Gasteiger partial charge in [0.15, 0.2) is 0 Å². The number of amides is 2. The number of carbonyl (C=O) groups excluding carboxylic acids is 2. The van der Waals surface area contributed by atoms with Crippen molar-refractivity contribution in [2.75, 3.05) is 13.1 Å². The number of carbonyl (C=O) groups is 2. The number of hydrogen-bond donors (Lipinski definition) is 2. The molecule has 3 N–H and O–H groups in total. The van der Waals surface area contributed by atoms with E-state index in [1.807, 2.05) is 44.2 Å². The Hall–Kier alpha value is -2.73. The Kier molecular flexibility index (Phi) is 6.09. The maximum atomic E-state index is 13.9. The summed E-state index contributed by atoms with van der Waals surface area (Å²) in [5.74, 6) is -1.47. The van der Waals surface area contributed by atoms with Crippen molar-refractivity contribution < 1.29 is 14.0 Å². The third-order valence-electron chi connectivity index (χ3n) is 5.24. The van der Waals surface area contributed by atoms with Gasteiger partial charge in [-0.1, -0.05) is 56.3 Å². The smallest absolute Gasteiger partial charge is 0.254 e.